The van der Waals surface area contributed by atoms with Gasteiger partial charge in [-0.25, -0.2) is 9.97 Å². The largest absolute Gasteiger partial charge is 0.367 e. The highest BCUT2D eigenvalue weighted by atomic mass is 15.0. The number of nitrogens with one attached hydrogen (secondary N) is 1. The van der Waals surface area contributed by atoms with E-state index in [1.54, 1.807) is 0 Å². The third-order valence-corrected chi connectivity index (χ3v) is 3.91. The fraction of sp³-hybridized carbons (Fsp3) is 0.263. The maximum Gasteiger partial charge on any atom is 0.162 e. The van der Waals surface area contributed by atoms with Crippen LogP contribution in [0.15, 0.2) is 48.5 Å². The minimum absolute atomic E-state index is 0.379. The molecule has 0 unspecified atom stereocenters. The molecule has 2 aromatic carbocycles. The van der Waals surface area contributed by atoms with Gasteiger partial charge in [-0.2, -0.15) is 0 Å². The van der Waals surface area contributed by atoms with E-state index in [1.165, 1.54) is 5.56 Å². The van der Waals surface area contributed by atoms with E-state index in [0.29, 0.717) is 6.04 Å². The van der Waals surface area contributed by atoms with E-state index in [9.17, 15) is 0 Å². The summed E-state index contributed by atoms with van der Waals surface area (Å²) in [7, 11) is 0. The smallest absolute Gasteiger partial charge is 0.162 e. The first kappa shape index (κ1) is 14.5. The highest BCUT2D eigenvalue weighted by Crippen LogP contribution is 2.25. The van der Waals surface area contributed by atoms with Gasteiger partial charge in [0.05, 0.1) is 5.52 Å². The number of para-hydroxylation sites is 1. The molecule has 1 N–H and O–H groups in total. The van der Waals surface area contributed by atoms with Crippen LogP contribution >= 0.6 is 0 Å². The zero-order valence-corrected chi connectivity index (χ0v) is 13.3. The van der Waals surface area contributed by atoms with Gasteiger partial charge in [0.15, 0.2) is 5.82 Å². The van der Waals surface area contributed by atoms with Crippen molar-refractivity contribution >= 4 is 16.7 Å². The number of hydrogen-bond donors (Lipinski definition) is 1. The molecule has 0 aliphatic heterocycles. The lowest BCUT2D eigenvalue weighted by Crippen LogP contribution is -2.15. The van der Waals surface area contributed by atoms with Gasteiger partial charge in [0.1, 0.15) is 5.82 Å². The molecular weight excluding hydrogens is 270 g/mol. The minimum Gasteiger partial charge on any atom is -0.367 e. The average molecular weight is 291 g/mol. The first-order valence-electron chi connectivity index (χ1n) is 7.77. The monoisotopic (exact) mass is 291 g/mol. The first-order chi connectivity index (χ1) is 10.7. The Bertz CT molecular complexity index is 778. The fourth-order valence-corrected chi connectivity index (χ4v) is 2.35. The van der Waals surface area contributed by atoms with Crippen LogP contribution in [-0.4, -0.2) is 16.0 Å². The van der Waals surface area contributed by atoms with Crippen LogP contribution in [0.1, 0.15) is 25.8 Å². The van der Waals surface area contributed by atoms with Crippen molar-refractivity contribution in [2.45, 2.75) is 33.2 Å². The van der Waals surface area contributed by atoms with E-state index in [0.717, 1.165) is 34.5 Å². The van der Waals surface area contributed by atoms with Gasteiger partial charge in [0, 0.05) is 17.0 Å². The molecule has 1 atom stereocenters. The normalized spacial score (nSPS) is 12.3. The number of anilines is 1. The zero-order chi connectivity index (χ0) is 15.5. The molecule has 3 nitrogen and oxygen atoms in total. The Morgan fingerprint density at radius 3 is 2.45 bits per heavy atom. The van der Waals surface area contributed by atoms with Gasteiger partial charge in [-0.3, -0.25) is 0 Å². The summed E-state index contributed by atoms with van der Waals surface area (Å²) in [5, 5.41) is 4.57. The molecular formula is C19H21N3. The summed E-state index contributed by atoms with van der Waals surface area (Å²) in [5.74, 6) is 1.68. The van der Waals surface area contributed by atoms with Crippen LogP contribution in [0.25, 0.3) is 22.3 Å². The number of fused-ring (bicyclic) bond motifs is 1. The molecule has 22 heavy (non-hydrogen) atoms. The van der Waals surface area contributed by atoms with Gasteiger partial charge in [0.2, 0.25) is 0 Å². The molecule has 1 aromatic heterocycles. The predicted octanol–water partition coefficient (Wildman–Crippen LogP) is 4.82. The maximum atomic E-state index is 4.77. The summed E-state index contributed by atoms with van der Waals surface area (Å²) in [5.41, 5.74) is 3.25. The Morgan fingerprint density at radius 2 is 1.73 bits per heavy atom. The molecule has 0 spiro atoms. The summed E-state index contributed by atoms with van der Waals surface area (Å²) in [4.78, 5) is 9.48. The lowest BCUT2D eigenvalue weighted by Gasteiger charge is -2.15. The van der Waals surface area contributed by atoms with Crippen molar-refractivity contribution in [3.05, 3.63) is 54.1 Å². The van der Waals surface area contributed by atoms with E-state index in [2.05, 4.69) is 56.4 Å². The minimum atomic E-state index is 0.379. The number of rotatable bonds is 4. The van der Waals surface area contributed by atoms with Gasteiger partial charge >= 0.3 is 0 Å². The van der Waals surface area contributed by atoms with E-state index in [1.807, 2.05) is 18.2 Å². The van der Waals surface area contributed by atoms with Crippen molar-refractivity contribution in [1.82, 2.24) is 9.97 Å². The molecule has 0 fully saturated rings. The van der Waals surface area contributed by atoms with Gasteiger partial charge in [-0.05, 0) is 32.4 Å². The molecule has 0 saturated carbocycles. The molecule has 3 rings (SSSR count). The number of aromatic nitrogens is 2. The topological polar surface area (TPSA) is 37.8 Å². The van der Waals surface area contributed by atoms with E-state index >= 15 is 0 Å². The second-order valence-corrected chi connectivity index (χ2v) is 5.73. The average Bonchev–Trinajstić information content (AvgIpc) is 2.55. The lowest BCUT2D eigenvalue weighted by molar-refractivity contribution is 0.760. The van der Waals surface area contributed by atoms with Crippen molar-refractivity contribution in [3.63, 3.8) is 0 Å². The SMILES string of the molecule is CC[C@@H](C)Nc1nc(-c2ccc(C)cc2)nc2ccccc12. The molecule has 0 radical (unpaired) electrons. The number of aryl methyl sites for hydroxylation is 1. The van der Waals surface area contributed by atoms with Crippen LogP contribution in [-0.2, 0) is 0 Å². The highest BCUT2D eigenvalue weighted by Gasteiger charge is 2.10. The highest BCUT2D eigenvalue weighted by molar-refractivity contribution is 5.90. The van der Waals surface area contributed by atoms with E-state index in [-0.39, 0.29) is 0 Å². The second-order valence-electron chi connectivity index (χ2n) is 5.73. The molecule has 0 bridgehead atoms. The van der Waals surface area contributed by atoms with Crippen molar-refractivity contribution in [2.75, 3.05) is 5.32 Å². The van der Waals surface area contributed by atoms with E-state index in [4.69, 9.17) is 9.97 Å². The van der Waals surface area contributed by atoms with Crippen LogP contribution in [0, 0.1) is 6.92 Å². The summed E-state index contributed by atoms with van der Waals surface area (Å²) >= 11 is 0. The molecule has 3 aromatic rings. The number of nitrogens with zero attached hydrogens (tertiary/aromatic N) is 2. The summed E-state index contributed by atoms with van der Waals surface area (Å²) in [6, 6.07) is 16.9. The van der Waals surface area contributed by atoms with Crippen LogP contribution < -0.4 is 5.32 Å². The summed E-state index contributed by atoms with van der Waals surface area (Å²) in [6.07, 6.45) is 1.05. The molecule has 0 aliphatic rings. The molecule has 3 heteroatoms. The van der Waals surface area contributed by atoms with Crippen LogP contribution in [0.4, 0.5) is 5.82 Å². The number of hydrogen-bond acceptors (Lipinski definition) is 3. The molecule has 0 saturated heterocycles. The van der Waals surface area contributed by atoms with Gasteiger partial charge in [-0.15, -0.1) is 0 Å². The van der Waals surface area contributed by atoms with Crippen molar-refractivity contribution in [1.29, 1.82) is 0 Å². The summed E-state index contributed by atoms with van der Waals surface area (Å²) < 4.78 is 0. The van der Waals surface area contributed by atoms with Crippen LogP contribution in [0.3, 0.4) is 0 Å². The van der Waals surface area contributed by atoms with Crippen LogP contribution in [0.2, 0.25) is 0 Å². The van der Waals surface area contributed by atoms with E-state index < -0.39 is 0 Å². The van der Waals surface area contributed by atoms with Crippen molar-refractivity contribution in [2.24, 2.45) is 0 Å². The molecule has 112 valence electrons. The molecule has 1 heterocycles. The predicted molar refractivity (Wildman–Crippen MR) is 93.1 cm³/mol. The third-order valence-electron chi connectivity index (χ3n) is 3.91. The maximum absolute atomic E-state index is 4.77. The summed E-state index contributed by atoms with van der Waals surface area (Å²) in [6.45, 7) is 6.42. The molecule has 0 amide bonds. The van der Waals surface area contributed by atoms with Gasteiger partial charge < -0.3 is 5.32 Å². The third kappa shape index (κ3) is 2.93. The second kappa shape index (κ2) is 6.14. The Balaban J connectivity index is 2.13. The number of benzene rings is 2. The Hall–Kier alpha value is -2.42. The quantitative estimate of drug-likeness (QED) is 0.749. The lowest BCUT2D eigenvalue weighted by atomic mass is 10.1. The van der Waals surface area contributed by atoms with Crippen molar-refractivity contribution in [3.8, 4) is 11.4 Å². The van der Waals surface area contributed by atoms with Gasteiger partial charge in [0.25, 0.3) is 0 Å². The van der Waals surface area contributed by atoms with Crippen molar-refractivity contribution < 1.29 is 0 Å². The van der Waals surface area contributed by atoms with Gasteiger partial charge in [-0.1, -0.05) is 48.9 Å². The fourth-order valence-electron chi connectivity index (χ4n) is 2.35. The standard InChI is InChI=1S/C19H21N3/c1-4-14(3)20-19-16-7-5-6-8-17(16)21-18(22-19)15-11-9-13(2)10-12-15/h5-12,14H,4H2,1-3H3,(H,20,21,22)/t14-/m1/s1. The van der Waals surface area contributed by atoms with Crippen LogP contribution in [0.5, 0.6) is 0 Å². The molecule has 0 aliphatic carbocycles. The Kier molecular flexibility index (Phi) is 4.05. The first-order valence-corrected chi connectivity index (χ1v) is 7.77. The Labute approximate surface area is 131 Å². The zero-order valence-electron chi connectivity index (χ0n) is 13.3. The Morgan fingerprint density at radius 1 is 1.00 bits per heavy atom.